The molecule has 0 bridgehead atoms. The molecule has 1 rings (SSSR count). The summed E-state index contributed by atoms with van der Waals surface area (Å²) >= 11 is 0. The first-order valence-corrected chi connectivity index (χ1v) is 14.6. The van der Waals surface area contributed by atoms with Crippen LogP contribution in [0.15, 0.2) is 0 Å². The number of sulfonamides is 1. The molecule has 0 spiro atoms. The number of rotatable bonds is 10. The summed E-state index contributed by atoms with van der Waals surface area (Å²) in [5.74, 6) is -0.0750. The van der Waals surface area contributed by atoms with E-state index < -0.39 is 18.1 Å². The van der Waals surface area contributed by atoms with Crippen LogP contribution >= 0.6 is 0 Å². The molecule has 2 atom stereocenters. The predicted octanol–water partition coefficient (Wildman–Crippen LogP) is 3.63. The molecule has 0 aromatic rings. The van der Waals surface area contributed by atoms with E-state index in [0.29, 0.717) is 6.61 Å². The highest BCUT2D eigenvalue weighted by atomic mass is 32.2. The molecule has 1 aliphatic rings. The van der Waals surface area contributed by atoms with Crippen LogP contribution in [-0.4, -0.2) is 51.2 Å². The molecule has 24 heavy (non-hydrogen) atoms. The Labute approximate surface area is 149 Å². The van der Waals surface area contributed by atoms with Gasteiger partial charge in [-0.3, -0.25) is 4.79 Å². The summed E-state index contributed by atoms with van der Waals surface area (Å²) in [6.07, 6.45) is 4.78. The number of ether oxygens (including phenoxy) is 1. The number of esters is 1. The van der Waals surface area contributed by atoms with Gasteiger partial charge in [-0.25, -0.2) is 8.42 Å². The van der Waals surface area contributed by atoms with Crippen LogP contribution in [0.4, 0.5) is 0 Å². The smallest absolute Gasteiger partial charge is 0.307 e. The number of unbranched alkanes of at least 4 members (excludes halogenated alkanes) is 1. The third-order valence-corrected chi connectivity index (χ3v) is 8.65. The van der Waals surface area contributed by atoms with Crippen molar-refractivity contribution in [2.24, 2.45) is 0 Å². The van der Waals surface area contributed by atoms with Crippen LogP contribution in [0.1, 0.15) is 52.4 Å². The van der Waals surface area contributed by atoms with Crippen molar-refractivity contribution in [3.63, 3.8) is 0 Å². The molecule has 142 valence electrons. The summed E-state index contributed by atoms with van der Waals surface area (Å²) in [6.45, 7) is 10.8. The second-order valence-corrected chi connectivity index (χ2v) is 15.6. The number of carbonyl (C=O) groups is 1. The Morgan fingerprint density at radius 3 is 2.33 bits per heavy atom. The predicted molar refractivity (Wildman–Crippen MR) is 101 cm³/mol. The maximum Gasteiger partial charge on any atom is 0.307 e. The minimum absolute atomic E-state index is 0.0519. The number of nitrogens with zero attached hydrogens (tertiary/aromatic N) is 1. The van der Waals surface area contributed by atoms with Gasteiger partial charge in [0.15, 0.2) is 0 Å². The summed E-state index contributed by atoms with van der Waals surface area (Å²) in [6, 6.07) is 0.590. The normalized spacial score (nSPS) is 22.7. The molecule has 0 amide bonds. The van der Waals surface area contributed by atoms with Crippen molar-refractivity contribution in [2.45, 2.75) is 90.1 Å². The van der Waals surface area contributed by atoms with Gasteiger partial charge in [-0.1, -0.05) is 39.4 Å². The number of carbonyl (C=O) groups excluding carboxylic acids is 1. The molecule has 5 nitrogen and oxygen atoms in total. The van der Waals surface area contributed by atoms with Crippen LogP contribution in [0.3, 0.4) is 0 Å². The SMILES string of the molecule is CCCC[C@@H]1CC[C@H](CC(=O)OCC)N1S(=O)(=O)CC[Si](C)(C)C. The zero-order valence-corrected chi connectivity index (χ0v) is 17.8. The average Bonchev–Trinajstić information content (AvgIpc) is 2.86. The minimum atomic E-state index is -3.32. The largest absolute Gasteiger partial charge is 0.466 e. The van der Waals surface area contributed by atoms with Crippen molar-refractivity contribution in [3.8, 4) is 0 Å². The van der Waals surface area contributed by atoms with Gasteiger partial charge in [-0.05, 0) is 32.2 Å². The third kappa shape index (κ3) is 6.84. The lowest BCUT2D eigenvalue weighted by Gasteiger charge is -2.30. The molecule has 0 unspecified atom stereocenters. The van der Waals surface area contributed by atoms with Gasteiger partial charge >= 0.3 is 5.97 Å². The fraction of sp³-hybridized carbons (Fsp3) is 0.941. The molecular weight excluding hydrogens is 342 g/mol. The molecule has 0 saturated carbocycles. The van der Waals surface area contributed by atoms with Crippen molar-refractivity contribution < 1.29 is 17.9 Å². The van der Waals surface area contributed by atoms with Crippen LogP contribution in [-0.2, 0) is 19.6 Å². The first-order valence-electron chi connectivity index (χ1n) is 9.27. The van der Waals surface area contributed by atoms with Crippen LogP contribution in [0.25, 0.3) is 0 Å². The zero-order chi connectivity index (χ0) is 18.4. The topological polar surface area (TPSA) is 63.7 Å². The van der Waals surface area contributed by atoms with Crippen LogP contribution in [0.2, 0.25) is 25.7 Å². The second kappa shape index (κ2) is 9.34. The lowest BCUT2D eigenvalue weighted by atomic mass is 10.1. The summed E-state index contributed by atoms with van der Waals surface area (Å²) in [4.78, 5) is 11.9. The Morgan fingerprint density at radius 2 is 1.79 bits per heavy atom. The van der Waals surface area contributed by atoms with Crippen LogP contribution < -0.4 is 0 Å². The van der Waals surface area contributed by atoms with E-state index in [9.17, 15) is 13.2 Å². The second-order valence-electron chi connectivity index (χ2n) is 7.99. The Bertz CT molecular complexity index is 501. The molecule has 0 radical (unpaired) electrons. The Kier molecular flexibility index (Phi) is 8.42. The van der Waals surface area contributed by atoms with E-state index in [1.54, 1.807) is 11.2 Å². The highest BCUT2D eigenvalue weighted by Gasteiger charge is 2.42. The van der Waals surface area contributed by atoms with Crippen LogP contribution in [0.5, 0.6) is 0 Å². The molecule has 1 fully saturated rings. The van der Waals surface area contributed by atoms with Gasteiger partial charge in [0.1, 0.15) is 0 Å². The van der Waals surface area contributed by atoms with E-state index in [1.807, 2.05) is 0 Å². The lowest BCUT2D eigenvalue weighted by Crippen LogP contribution is -2.44. The Hall–Kier alpha value is -0.403. The van der Waals surface area contributed by atoms with Gasteiger partial charge in [0.25, 0.3) is 0 Å². The summed E-state index contributed by atoms with van der Waals surface area (Å²) in [7, 11) is -4.75. The van der Waals surface area contributed by atoms with Gasteiger partial charge in [0.2, 0.25) is 10.0 Å². The fourth-order valence-corrected chi connectivity index (χ4v) is 8.24. The van der Waals surface area contributed by atoms with E-state index in [4.69, 9.17) is 4.74 Å². The molecule has 7 heteroatoms. The third-order valence-electron chi connectivity index (χ3n) is 4.58. The molecule has 1 saturated heterocycles. The summed E-state index contributed by atoms with van der Waals surface area (Å²) < 4.78 is 32.7. The van der Waals surface area contributed by atoms with Crippen LogP contribution in [0, 0.1) is 0 Å². The summed E-state index contributed by atoms with van der Waals surface area (Å²) in [5.41, 5.74) is 0. The van der Waals surface area contributed by atoms with Gasteiger partial charge in [-0.2, -0.15) is 4.31 Å². The molecule has 1 heterocycles. The molecular formula is C17H35NO4SSi. The Morgan fingerprint density at radius 1 is 1.17 bits per heavy atom. The van der Waals surface area contributed by atoms with E-state index in [-0.39, 0.29) is 30.2 Å². The van der Waals surface area contributed by atoms with Gasteiger partial charge < -0.3 is 4.74 Å². The first-order chi connectivity index (χ1) is 11.1. The van der Waals surface area contributed by atoms with E-state index in [2.05, 4.69) is 26.6 Å². The van der Waals surface area contributed by atoms with Gasteiger partial charge in [0.05, 0.1) is 18.8 Å². The fourth-order valence-electron chi connectivity index (χ4n) is 3.25. The molecule has 0 N–H and O–H groups in total. The van der Waals surface area contributed by atoms with E-state index in [0.717, 1.165) is 38.1 Å². The van der Waals surface area contributed by atoms with Crippen molar-refractivity contribution >= 4 is 24.1 Å². The zero-order valence-electron chi connectivity index (χ0n) is 16.0. The van der Waals surface area contributed by atoms with Crippen molar-refractivity contribution in [1.29, 1.82) is 0 Å². The first kappa shape index (κ1) is 21.6. The molecule has 0 aromatic heterocycles. The van der Waals surface area contributed by atoms with Gasteiger partial charge in [0, 0.05) is 20.2 Å². The molecule has 0 aliphatic carbocycles. The standard InChI is InChI=1S/C17H35NO4SSi/c1-6-8-9-15-10-11-16(14-17(19)22-7-2)18(15)23(20,21)12-13-24(3,4)5/h15-16H,6-14H2,1-5H3/t15-,16-/m1/s1. The lowest BCUT2D eigenvalue weighted by molar-refractivity contribution is -0.144. The van der Waals surface area contributed by atoms with Crippen molar-refractivity contribution in [2.75, 3.05) is 12.4 Å². The summed E-state index contributed by atoms with van der Waals surface area (Å²) in [5, 5.41) is 0. The Balaban J connectivity index is 2.90. The van der Waals surface area contributed by atoms with E-state index >= 15 is 0 Å². The quantitative estimate of drug-likeness (QED) is 0.431. The van der Waals surface area contributed by atoms with E-state index in [1.165, 1.54) is 0 Å². The monoisotopic (exact) mass is 377 g/mol. The highest BCUT2D eigenvalue weighted by Crippen LogP contribution is 2.33. The highest BCUT2D eigenvalue weighted by molar-refractivity contribution is 7.89. The van der Waals surface area contributed by atoms with Gasteiger partial charge in [-0.15, -0.1) is 0 Å². The average molecular weight is 378 g/mol. The van der Waals surface area contributed by atoms with Crippen molar-refractivity contribution in [3.05, 3.63) is 0 Å². The number of hydrogen-bond donors (Lipinski definition) is 0. The maximum atomic E-state index is 13.0. The number of hydrogen-bond acceptors (Lipinski definition) is 4. The maximum absolute atomic E-state index is 13.0. The molecule has 0 aromatic carbocycles. The van der Waals surface area contributed by atoms with Crippen molar-refractivity contribution in [1.82, 2.24) is 4.31 Å². The molecule has 1 aliphatic heterocycles. The minimum Gasteiger partial charge on any atom is -0.466 e.